The van der Waals surface area contributed by atoms with E-state index >= 15 is 0 Å². The number of aryl methyl sites for hydroxylation is 1. The molecule has 0 spiro atoms. The van der Waals surface area contributed by atoms with Crippen LogP contribution in [0.25, 0.3) is 0 Å². The van der Waals surface area contributed by atoms with Crippen LogP contribution in [0.2, 0.25) is 0 Å². The first-order valence-corrected chi connectivity index (χ1v) is 9.78. The second kappa shape index (κ2) is 7.91. The third-order valence-corrected chi connectivity index (χ3v) is 6.06. The molecule has 1 heterocycles. The maximum atomic E-state index is 12.2. The Morgan fingerprint density at radius 2 is 2.00 bits per heavy atom. The molecule has 0 fully saturated rings. The quantitative estimate of drug-likeness (QED) is 0.774. The number of nitrogens with one attached hydrogen (secondary N) is 1. The minimum atomic E-state index is -0.485. The number of hydrogen-bond donors (Lipinski definition) is 2. The summed E-state index contributed by atoms with van der Waals surface area (Å²) in [7, 11) is 0. The Labute approximate surface area is 157 Å². The van der Waals surface area contributed by atoms with Crippen molar-refractivity contribution in [1.29, 1.82) is 0 Å². The molecule has 1 aromatic carbocycles. The smallest absolute Gasteiger partial charge is 0.262 e. The lowest BCUT2D eigenvalue weighted by Gasteiger charge is -2.11. The topological polar surface area (TPSA) is 81.4 Å². The molecule has 0 aliphatic heterocycles. The lowest BCUT2D eigenvalue weighted by atomic mass is 9.99. The van der Waals surface area contributed by atoms with E-state index in [-0.39, 0.29) is 12.5 Å². The monoisotopic (exact) mass is 372 g/mol. The van der Waals surface area contributed by atoms with Gasteiger partial charge in [-0.1, -0.05) is 26.0 Å². The Bertz CT molecular complexity index is 811. The molecule has 3 rings (SSSR count). The van der Waals surface area contributed by atoms with Crippen LogP contribution in [0.1, 0.15) is 59.0 Å². The van der Waals surface area contributed by atoms with Gasteiger partial charge in [0.25, 0.3) is 11.8 Å². The molecular formula is C20H24N2O3S. The number of carbonyl (C=O) groups excluding carboxylic acids is 2. The fourth-order valence-corrected chi connectivity index (χ4v) is 4.50. The Hall–Kier alpha value is -2.34. The number of benzene rings is 1. The summed E-state index contributed by atoms with van der Waals surface area (Å²) in [4.78, 5) is 25.1. The second-order valence-corrected chi connectivity index (χ2v) is 7.75. The van der Waals surface area contributed by atoms with Crippen molar-refractivity contribution < 1.29 is 14.3 Å². The van der Waals surface area contributed by atoms with Gasteiger partial charge in [0.05, 0.1) is 5.56 Å². The molecule has 2 amide bonds. The van der Waals surface area contributed by atoms with Gasteiger partial charge in [-0.25, -0.2) is 0 Å². The first-order chi connectivity index (χ1) is 12.5. The normalized spacial score (nSPS) is 13.9. The van der Waals surface area contributed by atoms with E-state index in [2.05, 4.69) is 19.2 Å². The van der Waals surface area contributed by atoms with E-state index in [1.54, 1.807) is 0 Å². The summed E-state index contributed by atoms with van der Waals surface area (Å²) in [5.74, 6) is 0.371. The molecule has 1 atom stereocenters. The zero-order chi connectivity index (χ0) is 18.7. The molecule has 0 saturated heterocycles. The number of hydrogen-bond acceptors (Lipinski definition) is 4. The number of carbonyl (C=O) groups is 2. The Kier molecular flexibility index (Phi) is 5.61. The first kappa shape index (κ1) is 18.5. The van der Waals surface area contributed by atoms with Gasteiger partial charge in [0.1, 0.15) is 10.8 Å². The van der Waals surface area contributed by atoms with E-state index in [1.165, 1.54) is 16.9 Å². The molecule has 0 radical (unpaired) electrons. The average molecular weight is 372 g/mol. The Balaban J connectivity index is 1.61. The fourth-order valence-electron chi connectivity index (χ4n) is 3.19. The van der Waals surface area contributed by atoms with Gasteiger partial charge < -0.3 is 15.8 Å². The molecular weight excluding hydrogens is 348 g/mol. The van der Waals surface area contributed by atoms with Gasteiger partial charge in [-0.2, -0.15) is 0 Å². The van der Waals surface area contributed by atoms with Crippen molar-refractivity contribution in [3.05, 3.63) is 45.8 Å². The minimum Gasteiger partial charge on any atom is -0.484 e. The molecule has 6 heteroatoms. The van der Waals surface area contributed by atoms with E-state index in [4.69, 9.17) is 10.5 Å². The highest BCUT2D eigenvalue weighted by Crippen LogP contribution is 2.38. The molecule has 1 aromatic heterocycles. The SMILES string of the molecule is CC[C@H](C)c1ccc(OCC(=O)Nc2sc3c(c2C(N)=O)CCC3)cc1. The summed E-state index contributed by atoms with van der Waals surface area (Å²) in [6.45, 7) is 4.22. The largest absolute Gasteiger partial charge is 0.484 e. The average Bonchev–Trinajstić information content (AvgIpc) is 3.20. The summed E-state index contributed by atoms with van der Waals surface area (Å²) in [5, 5.41) is 3.33. The lowest BCUT2D eigenvalue weighted by molar-refractivity contribution is -0.118. The van der Waals surface area contributed by atoms with Crippen LogP contribution in [0.5, 0.6) is 5.75 Å². The van der Waals surface area contributed by atoms with E-state index < -0.39 is 5.91 Å². The molecule has 0 unspecified atom stereocenters. The highest BCUT2D eigenvalue weighted by atomic mass is 32.1. The summed E-state index contributed by atoms with van der Waals surface area (Å²) in [5.41, 5.74) is 8.23. The van der Waals surface area contributed by atoms with Crippen LogP contribution in [0.15, 0.2) is 24.3 Å². The van der Waals surface area contributed by atoms with Gasteiger partial charge in [-0.05, 0) is 54.9 Å². The van der Waals surface area contributed by atoms with Crippen molar-refractivity contribution in [2.24, 2.45) is 5.73 Å². The lowest BCUT2D eigenvalue weighted by Crippen LogP contribution is -2.22. The van der Waals surface area contributed by atoms with Crippen LogP contribution in [0.4, 0.5) is 5.00 Å². The predicted molar refractivity (Wildman–Crippen MR) is 104 cm³/mol. The maximum Gasteiger partial charge on any atom is 0.262 e. The van der Waals surface area contributed by atoms with Gasteiger partial charge in [0.15, 0.2) is 6.61 Å². The van der Waals surface area contributed by atoms with Crippen LogP contribution >= 0.6 is 11.3 Å². The van der Waals surface area contributed by atoms with Crippen molar-refractivity contribution in [3.63, 3.8) is 0 Å². The first-order valence-electron chi connectivity index (χ1n) is 8.96. The van der Waals surface area contributed by atoms with Crippen LogP contribution in [-0.2, 0) is 17.6 Å². The second-order valence-electron chi connectivity index (χ2n) is 6.64. The van der Waals surface area contributed by atoms with Crippen molar-refractivity contribution in [1.82, 2.24) is 0 Å². The maximum absolute atomic E-state index is 12.2. The summed E-state index contributed by atoms with van der Waals surface area (Å²) >= 11 is 1.45. The molecule has 138 valence electrons. The van der Waals surface area contributed by atoms with Crippen LogP contribution in [0, 0.1) is 0 Å². The van der Waals surface area contributed by atoms with Crippen LogP contribution < -0.4 is 15.8 Å². The highest BCUT2D eigenvalue weighted by Gasteiger charge is 2.26. The highest BCUT2D eigenvalue weighted by molar-refractivity contribution is 7.17. The molecule has 0 bridgehead atoms. The molecule has 0 saturated carbocycles. The van der Waals surface area contributed by atoms with Gasteiger partial charge in [-0.15, -0.1) is 11.3 Å². The Morgan fingerprint density at radius 3 is 2.65 bits per heavy atom. The summed E-state index contributed by atoms with van der Waals surface area (Å²) < 4.78 is 5.56. The number of thiophene rings is 1. The molecule has 5 nitrogen and oxygen atoms in total. The van der Waals surface area contributed by atoms with Crippen LogP contribution in [-0.4, -0.2) is 18.4 Å². The molecule has 26 heavy (non-hydrogen) atoms. The summed E-state index contributed by atoms with van der Waals surface area (Å²) in [6, 6.07) is 7.80. The number of ether oxygens (including phenoxy) is 1. The summed E-state index contributed by atoms with van der Waals surface area (Å²) in [6.07, 6.45) is 3.90. The Morgan fingerprint density at radius 1 is 1.27 bits per heavy atom. The number of primary amides is 1. The molecule has 1 aliphatic rings. The third-order valence-electron chi connectivity index (χ3n) is 4.85. The van der Waals surface area contributed by atoms with Crippen molar-refractivity contribution >= 4 is 28.2 Å². The fraction of sp³-hybridized carbons (Fsp3) is 0.400. The zero-order valence-electron chi connectivity index (χ0n) is 15.1. The number of nitrogens with two attached hydrogens (primary N) is 1. The van der Waals surface area contributed by atoms with E-state index in [0.29, 0.717) is 22.2 Å². The third kappa shape index (κ3) is 3.90. The van der Waals surface area contributed by atoms with Crippen molar-refractivity contribution in [2.45, 2.75) is 45.4 Å². The number of rotatable bonds is 7. The number of anilines is 1. The van der Waals surface area contributed by atoms with Crippen molar-refractivity contribution in [2.75, 3.05) is 11.9 Å². The standard InChI is InChI=1S/C20H24N2O3S/c1-3-12(2)13-7-9-14(10-8-13)25-11-17(23)22-20-18(19(21)24)15-5-4-6-16(15)26-20/h7-10,12H,3-6,11H2,1-2H3,(H2,21,24)(H,22,23)/t12-/m0/s1. The molecule has 2 aromatic rings. The van der Waals surface area contributed by atoms with E-state index in [0.717, 1.165) is 36.1 Å². The minimum absolute atomic E-state index is 0.108. The van der Waals surface area contributed by atoms with Gasteiger partial charge in [-0.3, -0.25) is 9.59 Å². The van der Waals surface area contributed by atoms with E-state index in [1.807, 2.05) is 24.3 Å². The van der Waals surface area contributed by atoms with Gasteiger partial charge in [0.2, 0.25) is 0 Å². The van der Waals surface area contributed by atoms with Gasteiger partial charge in [0, 0.05) is 4.88 Å². The zero-order valence-corrected chi connectivity index (χ0v) is 15.9. The van der Waals surface area contributed by atoms with Crippen molar-refractivity contribution in [3.8, 4) is 5.75 Å². The predicted octanol–water partition coefficient (Wildman–Crippen LogP) is 3.87. The number of amides is 2. The molecule has 1 aliphatic carbocycles. The van der Waals surface area contributed by atoms with Gasteiger partial charge >= 0.3 is 0 Å². The molecule has 3 N–H and O–H groups in total. The van der Waals surface area contributed by atoms with E-state index in [9.17, 15) is 9.59 Å². The number of fused-ring (bicyclic) bond motifs is 1. The van der Waals surface area contributed by atoms with Crippen LogP contribution in [0.3, 0.4) is 0 Å².